The van der Waals surface area contributed by atoms with Gasteiger partial charge in [0.25, 0.3) is 0 Å². The zero-order chi connectivity index (χ0) is 18.6. The highest BCUT2D eigenvalue weighted by atomic mass is 16.5. The number of rotatable bonds is 8. The van der Waals surface area contributed by atoms with Crippen molar-refractivity contribution in [3.8, 4) is 0 Å². The summed E-state index contributed by atoms with van der Waals surface area (Å²) in [6.45, 7) is 2.27. The van der Waals surface area contributed by atoms with Crippen LogP contribution in [0.1, 0.15) is 80.9 Å². The van der Waals surface area contributed by atoms with E-state index in [1.807, 2.05) is 0 Å². The number of methoxy groups -OCH3 is 1. The van der Waals surface area contributed by atoms with Gasteiger partial charge in [0.2, 0.25) is 0 Å². The molecule has 3 heteroatoms. The summed E-state index contributed by atoms with van der Waals surface area (Å²) >= 11 is 0. The number of aryl methyl sites for hydroxylation is 1. The Balaban J connectivity index is 1.51. The number of hydrogen-bond donors (Lipinski definition) is 2. The summed E-state index contributed by atoms with van der Waals surface area (Å²) in [5, 5.41) is 9.51. The van der Waals surface area contributed by atoms with E-state index < -0.39 is 0 Å². The van der Waals surface area contributed by atoms with Crippen molar-refractivity contribution in [2.45, 2.75) is 88.7 Å². The van der Waals surface area contributed by atoms with Gasteiger partial charge >= 0.3 is 0 Å². The van der Waals surface area contributed by atoms with E-state index in [1.165, 1.54) is 50.5 Å². The maximum atomic E-state index is 9.51. The van der Waals surface area contributed by atoms with Crippen LogP contribution < -0.4 is 5.73 Å². The Morgan fingerprint density at radius 3 is 2.85 bits per heavy atom. The van der Waals surface area contributed by atoms with Gasteiger partial charge in [-0.15, -0.1) is 0 Å². The predicted octanol–water partition coefficient (Wildman–Crippen LogP) is 4.34. The van der Waals surface area contributed by atoms with E-state index >= 15 is 0 Å². The van der Waals surface area contributed by atoms with Crippen LogP contribution in [0.25, 0.3) is 0 Å². The molecule has 0 saturated heterocycles. The van der Waals surface area contributed by atoms with Crippen molar-refractivity contribution in [3.05, 3.63) is 34.9 Å². The molecule has 3 N–H and O–H groups in total. The van der Waals surface area contributed by atoms with Gasteiger partial charge in [0.1, 0.15) is 0 Å². The van der Waals surface area contributed by atoms with Gasteiger partial charge in [0, 0.05) is 12.6 Å². The average molecular weight is 360 g/mol. The third-order valence-corrected chi connectivity index (χ3v) is 6.87. The Morgan fingerprint density at radius 2 is 2.12 bits per heavy atom. The Bertz CT molecular complexity index is 588. The summed E-state index contributed by atoms with van der Waals surface area (Å²) in [5.41, 5.74) is 10.5. The normalized spacial score (nSPS) is 29.5. The summed E-state index contributed by atoms with van der Waals surface area (Å²) < 4.78 is 5.34. The van der Waals surface area contributed by atoms with Crippen LogP contribution in [0, 0.1) is 5.92 Å². The van der Waals surface area contributed by atoms with E-state index in [1.54, 1.807) is 18.2 Å². The molecule has 2 aliphatic carbocycles. The quantitative estimate of drug-likeness (QED) is 0.679. The monoisotopic (exact) mass is 359 g/mol. The van der Waals surface area contributed by atoms with Crippen LogP contribution in [-0.4, -0.2) is 30.5 Å². The van der Waals surface area contributed by atoms with E-state index in [0.717, 1.165) is 25.2 Å². The van der Waals surface area contributed by atoms with Crippen molar-refractivity contribution in [2.24, 2.45) is 11.7 Å². The molecule has 0 radical (unpaired) electrons. The van der Waals surface area contributed by atoms with Crippen LogP contribution in [-0.2, 0) is 17.6 Å². The number of ether oxygens (including phenoxy) is 1. The van der Waals surface area contributed by atoms with E-state index in [9.17, 15) is 5.11 Å². The summed E-state index contributed by atoms with van der Waals surface area (Å²) in [4.78, 5) is 0. The van der Waals surface area contributed by atoms with E-state index in [-0.39, 0.29) is 12.1 Å². The molecule has 0 heterocycles. The SMILES string of the molecule is COC(C)CCCC[C@H]1CCc2cc(C3CC[C@](N)(CO)C3)ccc2C1. The van der Waals surface area contributed by atoms with Gasteiger partial charge in [-0.25, -0.2) is 0 Å². The molecule has 2 aliphatic rings. The molecule has 3 rings (SSSR count). The van der Waals surface area contributed by atoms with E-state index in [0.29, 0.717) is 12.0 Å². The fraction of sp³-hybridized carbons (Fsp3) is 0.739. The third kappa shape index (κ3) is 4.88. The van der Waals surface area contributed by atoms with Crippen LogP contribution in [0.2, 0.25) is 0 Å². The molecule has 3 nitrogen and oxygen atoms in total. The Kier molecular flexibility index (Phi) is 6.76. The van der Waals surface area contributed by atoms with Gasteiger partial charge in [-0.05, 0) is 80.4 Å². The minimum absolute atomic E-state index is 0.110. The van der Waals surface area contributed by atoms with Gasteiger partial charge in [-0.2, -0.15) is 0 Å². The number of aliphatic hydroxyl groups is 1. The number of unbranched alkanes of at least 4 members (excludes halogenated alkanes) is 1. The molecule has 0 aromatic heterocycles. The topological polar surface area (TPSA) is 55.5 Å². The number of fused-ring (bicyclic) bond motifs is 1. The third-order valence-electron chi connectivity index (χ3n) is 6.87. The van der Waals surface area contributed by atoms with Crippen molar-refractivity contribution in [1.29, 1.82) is 0 Å². The molecule has 1 aromatic rings. The first-order chi connectivity index (χ1) is 12.5. The minimum Gasteiger partial charge on any atom is -0.394 e. The highest BCUT2D eigenvalue weighted by Crippen LogP contribution is 2.40. The zero-order valence-electron chi connectivity index (χ0n) is 16.7. The van der Waals surface area contributed by atoms with Crippen molar-refractivity contribution >= 4 is 0 Å². The first-order valence-electron chi connectivity index (χ1n) is 10.6. The molecule has 0 amide bonds. The minimum atomic E-state index is -0.355. The number of aliphatic hydroxyl groups excluding tert-OH is 1. The van der Waals surface area contributed by atoms with Gasteiger partial charge in [0.15, 0.2) is 0 Å². The lowest BCUT2D eigenvalue weighted by molar-refractivity contribution is 0.108. The molecule has 4 atom stereocenters. The molecule has 2 unspecified atom stereocenters. The number of benzene rings is 1. The summed E-state index contributed by atoms with van der Waals surface area (Å²) in [6.07, 6.45) is 12.3. The van der Waals surface area contributed by atoms with Crippen LogP contribution in [0.3, 0.4) is 0 Å². The van der Waals surface area contributed by atoms with Gasteiger partial charge in [0.05, 0.1) is 12.7 Å². The first kappa shape index (κ1) is 19.9. The molecule has 26 heavy (non-hydrogen) atoms. The maximum absolute atomic E-state index is 9.51. The molecule has 0 spiro atoms. The maximum Gasteiger partial charge on any atom is 0.0611 e. The second-order valence-corrected chi connectivity index (χ2v) is 8.93. The zero-order valence-corrected chi connectivity index (χ0v) is 16.7. The van der Waals surface area contributed by atoms with Crippen molar-refractivity contribution in [3.63, 3.8) is 0 Å². The summed E-state index contributed by atoms with van der Waals surface area (Å²) in [6, 6.07) is 7.15. The van der Waals surface area contributed by atoms with Gasteiger partial charge in [-0.1, -0.05) is 37.5 Å². The lowest BCUT2D eigenvalue weighted by Crippen LogP contribution is -2.40. The fourth-order valence-corrected chi connectivity index (χ4v) is 4.92. The molecular formula is C23H37NO2. The number of nitrogens with two attached hydrogens (primary N) is 1. The molecule has 0 aliphatic heterocycles. The lowest BCUT2D eigenvalue weighted by atomic mass is 9.79. The fourth-order valence-electron chi connectivity index (χ4n) is 4.92. The largest absolute Gasteiger partial charge is 0.394 e. The number of hydrogen-bond acceptors (Lipinski definition) is 3. The van der Waals surface area contributed by atoms with Crippen LogP contribution in [0.4, 0.5) is 0 Å². The molecule has 1 aromatic carbocycles. The molecule has 146 valence electrons. The van der Waals surface area contributed by atoms with Crippen LogP contribution in [0.5, 0.6) is 0 Å². The highest BCUT2D eigenvalue weighted by molar-refractivity contribution is 5.36. The van der Waals surface area contributed by atoms with Gasteiger partial charge < -0.3 is 15.6 Å². The van der Waals surface area contributed by atoms with Crippen molar-refractivity contribution in [2.75, 3.05) is 13.7 Å². The Hall–Kier alpha value is -0.900. The average Bonchev–Trinajstić information content (AvgIpc) is 3.07. The molecule has 1 saturated carbocycles. The smallest absolute Gasteiger partial charge is 0.0611 e. The Labute approximate surface area is 159 Å². The standard InChI is InChI=1S/C23H37NO2/c1-17(26-2)5-3-4-6-18-7-8-20-14-21(10-9-19(20)13-18)22-11-12-23(24,15-22)16-25/h9-10,14,17-18,22,25H,3-8,11-13,15-16,24H2,1-2H3/t17?,18-,22?,23+/m0/s1. The van der Waals surface area contributed by atoms with Crippen LogP contribution >= 0.6 is 0 Å². The second kappa shape index (κ2) is 8.86. The molecule has 0 bridgehead atoms. The van der Waals surface area contributed by atoms with Crippen LogP contribution in [0.15, 0.2) is 18.2 Å². The van der Waals surface area contributed by atoms with E-state index in [2.05, 4.69) is 25.1 Å². The summed E-state index contributed by atoms with van der Waals surface area (Å²) in [7, 11) is 1.81. The van der Waals surface area contributed by atoms with Crippen molar-refractivity contribution in [1.82, 2.24) is 0 Å². The van der Waals surface area contributed by atoms with Gasteiger partial charge in [-0.3, -0.25) is 0 Å². The van der Waals surface area contributed by atoms with Crippen molar-refractivity contribution < 1.29 is 9.84 Å². The first-order valence-corrected chi connectivity index (χ1v) is 10.6. The molecule has 1 fully saturated rings. The lowest BCUT2D eigenvalue weighted by Gasteiger charge is -2.26. The van der Waals surface area contributed by atoms with E-state index in [4.69, 9.17) is 10.5 Å². The summed E-state index contributed by atoms with van der Waals surface area (Å²) in [5.74, 6) is 1.38. The second-order valence-electron chi connectivity index (χ2n) is 8.93. The molecular weight excluding hydrogens is 322 g/mol. The Morgan fingerprint density at radius 1 is 1.27 bits per heavy atom. The predicted molar refractivity (Wildman–Crippen MR) is 107 cm³/mol. The highest BCUT2D eigenvalue weighted by Gasteiger charge is 2.36.